The molecule has 7 nitrogen and oxygen atoms in total. The lowest BCUT2D eigenvalue weighted by molar-refractivity contribution is -0.274. The van der Waals surface area contributed by atoms with Crippen LogP contribution >= 0.6 is 11.6 Å². The summed E-state index contributed by atoms with van der Waals surface area (Å²) in [4.78, 5) is 16.3. The van der Waals surface area contributed by atoms with Crippen molar-refractivity contribution in [3.63, 3.8) is 0 Å². The lowest BCUT2D eigenvalue weighted by Crippen LogP contribution is -2.22. The molecule has 0 aliphatic rings. The molecule has 3 aromatic rings. The van der Waals surface area contributed by atoms with Gasteiger partial charge in [0.25, 0.3) is 5.71 Å². The number of aryl methyl sites for hydroxylation is 2. The van der Waals surface area contributed by atoms with Crippen molar-refractivity contribution in [1.29, 1.82) is 0 Å². The van der Waals surface area contributed by atoms with E-state index >= 15 is 0 Å². The standard InChI is InChI=1S/C16H12ClF3N4O3/c1-7-11-13(24-27-14(11)21-8(2)12(7)17)23-15(25)22-9-5-3-4-6-10(9)26-16(18,19)20/h3-6H,1-2H3,(H2,22,23,24,25). The lowest BCUT2D eigenvalue weighted by atomic mass is 10.2. The Labute approximate surface area is 155 Å². The van der Waals surface area contributed by atoms with Crippen molar-refractivity contribution in [2.45, 2.75) is 20.2 Å². The molecule has 0 atom stereocenters. The van der Waals surface area contributed by atoms with Gasteiger partial charge in [0.1, 0.15) is 0 Å². The summed E-state index contributed by atoms with van der Waals surface area (Å²) in [5.74, 6) is -0.523. The fraction of sp³-hybridized carbons (Fsp3) is 0.188. The van der Waals surface area contributed by atoms with Crippen molar-refractivity contribution in [2.75, 3.05) is 10.6 Å². The van der Waals surface area contributed by atoms with Gasteiger partial charge in [-0.1, -0.05) is 28.9 Å². The number of hydrogen-bond donors (Lipinski definition) is 2. The number of urea groups is 1. The fourth-order valence-corrected chi connectivity index (χ4v) is 2.55. The second-order valence-electron chi connectivity index (χ2n) is 5.47. The first-order chi connectivity index (χ1) is 12.7. The van der Waals surface area contributed by atoms with Crippen molar-refractivity contribution < 1.29 is 27.2 Å². The minimum absolute atomic E-state index is 0.0311. The van der Waals surface area contributed by atoms with Gasteiger partial charge in [-0.25, -0.2) is 9.78 Å². The molecule has 0 aliphatic carbocycles. The Bertz CT molecular complexity index is 1020. The minimum atomic E-state index is -4.89. The molecule has 1 aromatic carbocycles. The van der Waals surface area contributed by atoms with Gasteiger partial charge in [-0.3, -0.25) is 5.32 Å². The van der Waals surface area contributed by atoms with E-state index in [1.54, 1.807) is 13.8 Å². The molecule has 27 heavy (non-hydrogen) atoms. The molecule has 0 radical (unpaired) electrons. The van der Waals surface area contributed by atoms with E-state index < -0.39 is 18.1 Å². The number of fused-ring (bicyclic) bond motifs is 1. The van der Waals surface area contributed by atoms with E-state index in [9.17, 15) is 18.0 Å². The Kier molecular flexibility index (Phi) is 4.83. The van der Waals surface area contributed by atoms with Crippen molar-refractivity contribution in [3.8, 4) is 5.75 Å². The van der Waals surface area contributed by atoms with E-state index in [4.69, 9.17) is 16.1 Å². The highest BCUT2D eigenvalue weighted by Crippen LogP contribution is 2.32. The number of pyridine rings is 1. The molecule has 0 bridgehead atoms. The summed E-state index contributed by atoms with van der Waals surface area (Å²) in [6.07, 6.45) is -4.89. The van der Waals surface area contributed by atoms with Crippen LogP contribution in [0.3, 0.4) is 0 Å². The summed E-state index contributed by atoms with van der Waals surface area (Å²) in [5, 5.41) is 9.17. The third kappa shape index (κ3) is 4.05. The van der Waals surface area contributed by atoms with Gasteiger partial charge in [0.15, 0.2) is 11.6 Å². The summed E-state index contributed by atoms with van der Waals surface area (Å²) >= 11 is 6.15. The van der Waals surface area contributed by atoms with E-state index in [2.05, 4.69) is 25.5 Å². The molecule has 3 rings (SSSR count). The zero-order valence-corrected chi connectivity index (χ0v) is 14.7. The van der Waals surface area contributed by atoms with Gasteiger partial charge in [0.2, 0.25) is 0 Å². The molecular weight excluding hydrogens is 389 g/mol. The van der Waals surface area contributed by atoms with Crippen LogP contribution in [0.25, 0.3) is 11.1 Å². The quantitative estimate of drug-likeness (QED) is 0.643. The van der Waals surface area contributed by atoms with Crippen LogP contribution < -0.4 is 15.4 Å². The Morgan fingerprint density at radius 1 is 1.22 bits per heavy atom. The first-order valence-corrected chi connectivity index (χ1v) is 7.88. The molecule has 142 valence electrons. The highest BCUT2D eigenvalue weighted by molar-refractivity contribution is 6.33. The number of anilines is 2. The van der Waals surface area contributed by atoms with Crippen LogP contribution in [0.15, 0.2) is 28.8 Å². The van der Waals surface area contributed by atoms with Crippen LogP contribution in [-0.4, -0.2) is 22.5 Å². The maximum atomic E-state index is 12.5. The molecule has 0 fully saturated rings. The summed E-state index contributed by atoms with van der Waals surface area (Å²) in [6, 6.07) is 4.27. The third-order valence-electron chi connectivity index (χ3n) is 3.56. The summed E-state index contributed by atoms with van der Waals surface area (Å²) < 4.78 is 46.3. The number of aromatic nitrogens is 2. The average molecular weight is 401 g/mol. The summed E-state index contributed by atoms with van der Waals surface area (Å²) in [6.45, 7) is 3.39. The van der Waals surface area contributed by atoms with Crippen LogP contribution in [0.5, 0.6) is 5.75 Å². The van der Waals surface area contributed by atoms with Gasteiger partial charge in [0.05, 0.1) is 21.8 Å². The Hall–Kier alpha value is -3.01. The zero-order chi connectivity index (χ0) is 19.8. The molecule has 11 heteroatoms. The number of nitrogens with one attached hydrogen (secondary N) is 2. The van der Waals surface area contributed by atoms with Crippen molar-refractivity contribution in [3.05, 3.63) is 40.5 Å². The number of para-hydroxylation sites is 2. The largest absolute Gasteiger partial charge is 0.573 e. The first kappa shape index (κ1) is 18.8. The minimum Gasteiger partial charge on any atom is -0.404 e. The zero-order valence-electron chi connectivity index (χ0n) is 13.9. The van der Waals surface area contributed by atoms with Gasteiger partial charge >= 0.3 is 12.4 Å². The monoisotopic (exact) mass is 400 g/mol. The molecule has 0 saturated carbocycles. The Morgan fingerprint density at radius 2 is 1.93 bits per heavy atom. The second-order valence-corrected chi connectivity index (χ2v) is 5.85. The van der Waals surface area contributed by atoms with Crippen molar-refractivity contribution in [1.82, 2.24) is 10.1 Å². The number of rotatable bonds is 3. The number of nitrogens with zero attached hydrogens (tertiary/aromatic N) is 2. The smallest absolute Gasteiger partial charge is 0.404 e. The second kappa shape index (κ2) is 6.95. The molecule has 0 aliphatic heterocycles. The maximum absolute atomic E-state index is 12.5. The van der Waals surface area contributed by atoms with E-state index in [1.807, 2.05) is 0 Å². The number of alkyl halides is 3. The number of carbonyl (C=O) groups excluding carboxylic acids is 1. The highest BCUT2D eigenvalue weighted by Gasteiger charge is 2.32. The van der Waals surface area contributed by atoms with Crippen LogP contribution in [0.2, 0.25) is 5.02 Å². The number of hydrogen-bond acceptors (Lipinski definition) is 5. The van der Waals surface area contributed by atoms with Crippen LogP contribution in [-0.2, 0) is 0 Å². The predicted molar refractivity (Wildman–Crippen MR) is 92.1 cm³/mol. The van der Waals surface area contributed by atoms with Gasteiger partial charge < -0.3 is 14.6 Å². The van der Waals surface area contributed by atoms with Gasteiger partial charge in [-0.15, -0.1) is 13.2 Å². The normalized spacial score (nSPS) is 11.5. The van der Waals surface area contributed by atoms with Gasteiger partial charge in [-0.05, 0) is 31.5 Å². The molecule has 2 amide bonds. The van der Waals surface area contributed by atoms with Gasteiger partial charge in [-0.2, -0.15) is 0 Å². The highest BCUT2D eigenvalue weighted by atomic mass is 35.5. The SMILES string of the molecule is Cc1nc2onc(NC(=O)Nc3ccccc3OC(F)(F)F)c2c(C)c1Cl. The van der Waals surface area contributed by atoms with Crippen LogP contribution in [0, 0.1) is 13.8 Å². The van der Waals surface area contributed by atoms with Crippen LogP contribution in [0.1, 0.15) is 11.3 Å². The first-order valence-electron chi connectivity index (χ1n) is 7.50. The topological polar surface area (TPSA) is 89.3 Å². The van der Waals surface area contributed by atoms with Crippen molar-refractivity contribution in [2.24, 2.45) is 0 Å². The predicted octanol–water partition coefficient (Wildman–Crippen LogP) is 5.04. The molecule has 2 aromatic heterocycles. The summed E-state index contributed by atoms with van der Waals surface area (Å²) in [5.41, 5.74) is 1.12. The summed E-state index contributed by atoms with van der Waals surface area (Å²) in [7, 11) is 0. The average Bonchev–Trinajstić information content (AvgIpc) is 2.95. The number of halogens is 4. The Morgan fingerprint density at radius 3 is 2.63 bits per heavy atom. The molecule has 0 saturated heterocycles. The van der Waals surface area contributed by atoms with Gasteiger partial charge in [0, 0.05) is 0 Å². The fourth-order valence-electron chi connectivity index (χ4n) is 2.41. The number of amides is 2. The molecule has 0 unspecified atom stereocenters. The molecule has 0 spiro atoms. The van der Waals surface area contributed by atoms with E-state index in [-0.39, 0.29) is 17.2 Å². The maximum Gasteiger partial charge on any atom is 0.573 e. The lowest BCUT2D eigenvalue weighted by Gasteiger charge is -2.13. The molecular formula is C16H12ClF3N4O3. The number of carbonyl (C=O) groups is 1. The molecule has 2 N–H and O–H groups in total. The number of benzene rings is 1. The van der Waals surface area contributed by atoms with Crippen molar-refractivity contribution >= 4 is 40.2 Å². The third-order valence-corrected chi connectivity index (χ3v) is 4.12. The molecule has 2 heterocycles. The van der Waals surface area contributed by atoms with E-state index in [0.717, 1.165) is 6.07 Å². The Balaban J connectivity index is 1.84. The number of ether oxygens (including phenoxy) is 1. The van der Waals surface area contributed by atoms with Crippen LogP contribution in [0.4, 0.5) is 29.5 Å². The van der Waals surface area contributed by atoms with E-state index in [0.29, 0.717) is 21.7 Å². The van der Waals surface area contributed by atoms with E-state index in [1.165, 1.54) is 18.2 Å².